The van der Waals surface area contributed by atoms with Crippen LogP contribution in [0.2, 0.25) is 0 Å². The van der Waals surface area contributed by atoms with Crippen LogP contribution in [0.1, 0.15) is 18.5 Å². The molecule has 0 bridgehead atoms. The van der Waals surface area contributed by atoms with Crippen LogP contribution in [-0.2, 0) is 16.0 Å². The summed E-state index contributed by atoms with van der Waals surface area (Å²) in [5.41, 5.74) is 0.839. The molecule has 0 saturated carbocycles. The zero-order chi connectivity index (χ0) is 15.0. The average molecular weight is 284 g/mol. The Labute approximate surface area is 114 Å². The third kappa shape index (κ3) is 5.85. The van der Waals surface area contributed by atoms with E-state index in [1.807, 2.05) is 0 Å². The fraction of sp³-hybridized carbons (Fsp3) is 0.455. The Morgan fingerprint density at radius 1 is 1.35 bits per heavy atom. The van der Waals surface area contributed by atoms with Crippen molar-refractivity contribution in [1.29, 1.82) is 0 Å². The maximum Gasteiger partial charge on any atom is 0.326 e. The Kier molecular flexibility index (Phi) is 6.01. The van der Waals surface area contributed by atoms with Gasteiger partial charge in [0.1, 0.15) is 6.04 Å². The minimum atomic E-state index is -1.27. The monoisotopic (exact) mass is 284 g/mol. The summed E-state index contributed by atoms with van der Waals surface area (Å²) in [7, 11) is 0. The minimum absolute atomic E-state index is 0.168. The van der Waals surface area contributed by atoms with Gasteiger partial charge in [0.15, 0.2) is 0 Å². The van der Waals surface area contributed by atoms with Crippen molar-refractivity contribution in [3.8, 4) is 0 Å². The lowest BCUT2D eigenvalue weighted by Crippen LogP contribution is -2.46. The van der Waals surface area contributed by atoms with Crippen LogP contribution in [0, 0.1) is 0 Å². The van der Waals surface area contributed by atoms with Gasteiger partial charge in [-0.2, -0.15) is 0 Å². The standard InChI is InChI=1S/C11H16N4O5/c16-9(17)2-1-8(10(18)19)15-11(20)13-4-3-7-5-12-6-14-7/h5-6,8H,1-4H2,(H,12,14)(H,16,17)(H,18,19)(H2,13,15,20)/t8-/m0/s1. The first-order valence-corrected chi connectivity index (χ1v) is 5.95. The van der Waals surface area contributed by atoms with E-state index in [0.717, 1.165) is 5.69 Å². The van der Waals surface area contributed by atoms with Crippen LogP contribution in [0.3, 0.4) is 0 Å². The van der Waals surface area contributed by atoms with E-state index < -0.39 is 24.0 Å². The second-order valence-corrected chi connectivity index (χ2v) is 4.05. The molecule has 1 atom stereocenters. The first-order valence-electron chi connectivity index (χ1n) is 5.95. The molecule has 1 aromatic heterocycles. The highest BCUT2D eigenvalue weighted by Crippen LogP contribution is 1.98. The SMILES string of the molecule is O=C(O)CC[C@H](NC(=O)NCCc1cnc[nH]1)C(=O)O. The second-order valence-electron chi connectivity index (χ2n) is 4.05. The molecule has 1 rings (SSSR count). The number of rotatable bonds is 8. The summed E-state index contributed by atoms with van der Waals surface area (Å²) in [4.78, 5) is 39.4. The number of nitrogens with one attached hydrogen (secondary N) is 3. The summed E-state index contributed by atoms with van der Waals surface area (Å²) in [6, 6.07) is -1.87. The lowest BCUT2D eigenvalue weighted by atomic mass is 10.1. The number of nitrogens with zero attached hydrogens (tertiary/aromatic N) is 1. The summed E-state index contributed by atoms with van der Waals surface area (Å²) in [6.45, 7) is 0.305. The van der Waals surface area contributed by atoms with Crippen LogP contribution in [0.4, 0.5) is 4.79 Å². The highest BCUT2D eigenvalue weighted by Gasteiger charge is 2.20. The van der Waals surface area contributed by atoms with Gasteiger partial charge < -0.3 is 25.8 Å². The normalized spacial score (nSPS) is 11.6. The van der Waals surface area contributed by atoms with Crippen molar-refractivity contribution in [3.63, 3.8) is 0 Å². The number of carbonyl (C=O) groups excluding carboxylic acids is 1. The van der Waals surface area contributed by atoms with Crippen molar-refractivity contribution in [3.05, 3.63) is 18.2 Å². The maximum absolute atomic E-state index is 11.5. The van der Waals surface area contributed by atoms with Crippen LogP contribution in [-0.4, -0.2) is 50.7 Å². The lowest BCUT2D eigenvalue weighted by molar-refractivity contribution is -0.140. The van der Waals surface area contributed by atoms with Gasteiger partial charge in [0.05, 0.1) is 6.33 Å². The molecule has 0 spiro atoms. The van der Waals surface area contributed by atoms with Crippen molar-refractivity contribution < 1.29 is 24.6 Å². The van der Waals surface area contributed by atoms with E-state index in [4.69, 9.17) is 10.2 Å². The molecule has 0 aliphatic heterocycles. The number of hydrogen-bond acceptors (Lipinski definition) is 4. The molecular formula is C11H16N4O5. The molecule has 9 heteroatoms. The van der Waals surface area contributed by atoms with Gasteiger partial charge in [0.25, 0.3) is 0 Å². The molecule has 1 heterocycles. The molecule has 5 N–H and O–H groups in total. The number of aromatic nitrogens is 2. The van der Waals surface area contributed by atoms with Crippen molar-refractivity contribution in [2.24, 2.45) is 0 Å². The topological polar surface area (TPSA) is 144 Å². The minimum Gasteiger partial charge on any atom is -0.481 e. The number of amides is 2. The summed E-state index contributed by atoms with van der Waals surface area (Å²) in [5, 5.41) is 22.1. The Bertz CT molecular complexity index is 459. The maximum atomic E-state index is 11.5. The predicted octanol–water partition coefficient (Wildman–Crippen LogP) is -0.431. The first-order chi connectivity index (χ1) is 9.49. The van der Waals surface area contributed by atoms with Crippen LogP contribution in [0.25, 0.3) is 0 Å². The molecule has 9 nitrogen and oxygen atoms in total. The van der Waals surface area contributed by atoms with Gasteiger partial charge >= 0.3 is 18.0 Å². The zero-order valence-electron chi connectivity index (χ0n) is 10.6. The number of imidazole rings is 1. The molecule has 0 aliphatic carbocycles. The van der Waals surface area contributed by atoms with Gasteiger partial charge in [-0.3, -0.25) is 4.79 Å². The molecule has 20 heavy (non-hydrogen) atoms. The smallest absolute Gasteiger partial charge is 0.326 e. The molecular weight excluding hydrogens is 268 g/mol. The third-order valence-corrected chi connectivity index (χ3v) is 2.49. The van der Waals surface area contributed by atoms with Crippen LogP contribution >= 0.6 is 0 Å². The first kappa shape index (κ1) is 15.5. The Morgan fingerprint density at radius 3 is 2.65 bits per heavy atom. The van der Waals surface area contributed by atoms with Crippen molar-refractivity contribution >= 4 is 18.0 Å². The number of urea groups is 1. The highest BCUT2D eigenvalue weighted by atomic mass is 16.4. The fourth-order valence-electron chi connectivity index (χ4n) is 1.47. The lowest BCUT2D eigenvalue weighted by Gasteiger charge is -2.14. The van der Waals surface area contributed by atoms with E-state index in [9.17, 15) is 14.4 Å². The largest absolute Gasteiger partial charge is 0.481 e. The summed E-state index contributed by atoms with van der Waals surface area (Å²) < 4.78 is 0. The number of aromatic amines is 1. The Balaban J connectivity index is 2.30. The number of carbonyl (C=O) groups is 3. The summed E-state index contributed by atoms with van der Waals surface area (Å²) in [5.74, 6) is -2.38. The average Bonchev–Trinajstić information content (AvgIpc) is 2.87. The van der Waals surface area contributed by atoms with E-state index in [0.29, 0.717) is 13.0 Å². The van der Waals surface area contributed by atoms with Crippen molar-refractivity contribution in [1.82, 2.24) is 20.6 Å². The Morgan fingerprint density at radius 2 is 2.10 bits per heavy atom. The molecule has 0 fully saturated rings. The summed E-state index contributed by atoms with van der Waals surface area (Å²) in [6.07, 6.45) is 3.17. The molecule has 0 radical (unpaired) electrons. The van der Waals surface area contributed by atoms with Crippen molar-refractivity contribution in [2.45, 2.75) is 25.3 Å². The van der Waals surface area contributed by atoms with E-state index in [1.54, 1.807) is 6.20 Å². The molecule has 2 amide bonds. The third-order valence-electron chi connectivity index (χ3n) is 2.49. The van der Waals surface area contributed by atoms with E-state index in [1.165, 1.54) is 6.33 Å². The molecule has 0 unspecified atom stereocenters. The van der Waals surface area contributed by atoms with Crippen LogP contribution < -0.4 is 10.6 Å². The number of carboxylic acid groups (broad SMARTS) is 2. The van der Waals surface area contributed by atoms with Gasteiger partial charge in [-0.05, 0) is 6.42 Å². The molecule has 0 aromatic carbocycles. The summed E-state index contributed by atoms with van der Waals surface area (Å²) >= 11 is 0. The number of aliphatic carboxylic acids is 2. The van der Waals surface area contributed by atoms with Crippen LogP contribution in [0.15, 0.2) is 12.5 Å². The molecule has 1 aromatic rings. The number of H-pyrrole nitrogens is 1. The van der Waals surface area contributed by atoms with Crippen LogP contribution in [0.5, 0.6) is 0 Å². The Hall–Kier alpha value is -2.58. The van der Waals surface area contributed by atoms with E-state index in [2.05, 4.69) is 20.6 Å². The number of carboxylic acids is 2. The van der Waals surface area contributed by atoms with Gasteiger partial charge in [0.2, 0.25) is 0 Å². The number of hydrogen-bond donors (Lipinski definition) is 5. The van der Waals surface area contributed by atoms with E-state index >= 15 is 0 Å². The molecule has 0 saturated heterocycles. The molecule has 110 valence electrons. The van der Waals surface area contributed by atoms with Gasteiger partial charge in [-0.15, -0.1) is 0 Å². The van der Waals surface area contributed by atoms with Gasteiger partial charge in [-0.25, -0.2) is 14.6 Å². The van der Waals surface area contributed by atoms with Gasteiger partial charge in [-0.1, -0.05) is 0 Å². The highest BCUT2D eigenvalue weighted by molar-refractivity contribution is 5.82. The molecule has 0 aliphatic rings. The quantitative estimate of drug-likeness (QED) is 0.438. The second kappa shape index (κ2) is 7.77. The zero-order valence-corrected chi connectivity index (χ0v) is 10.6. The van der Waals surface area contributed by atoms with Crippen molar-refractivity contribution in [2.75, 3.05) is 6.54 Å². The predicted molar refractivity (Wildman–Crippen MR) is 67.1 cm³/mol. The van der Waals surface area contributed by atoms with E-state index in [-0.39, 0.29) is 12.8 Å². The fourth-order valence-corrected chi connectivity index (χ4v) is 1.47. The van der Waals surface area contributed by atoms with Gasteiger partial charge in [0, 0.05) is 31.3 Å².